The van der Waals surface area contributed by atoms with Gasteiger partial charge in [0, 0.05) is 239 Å². The standard InChI is InChI=1S/2C38H22N2S.2C32H20N2/c1-2-11-24(12-3-1)40-31-16-8-6-15-27(31)37-32(40)19-18-28-36(37)30-21-35-29(26-14-7-9-17-34(26)41-35)20-33(30)39-22-23-10-4-5-13-25(23)38(28)39;1-2-11-24(12-3-1)40-30-16-8-6-14-26(30)35-31(40)20-18-28-34(35)29-19-21-33-36(27-15-7-9-17-32(27)41-33)38(29)39-22-23-10-4-5-13-25(23)37(28)39;1-2-11-22(12-3-1)34-29-17-9-6-14-24(29)25-18-19-27-30(32(25)34)26-15-7-8-16-28(26)33-20-21-10-4-5-13-23(21)31(27)33;1-2-11-22(12-3-1)34-28-17-9-7-15-25(28)31-29(34)19-18-26-30(31)24-14-6-8-16-27(24)33-20-21-10-4-5-13-23(21)32(26)33/h2*1-22H;2*1-20H. The summed E-state index contributed by atoms with van der Waals surface area (Å²) in [6, 6.07) is 177. The van der Waals surface area contributed by atoms with Crippen LogP contribution in [0.25, 0.3) is 302 Å². The van der Waals surface area contributed by atoms with Crippen LogP contribution in [0, 0.1) is 0 Å². The molecule has 22 aromatic carbocycles. The van der Waals surface area contributed by atoms with Gasteiger partial charge in [0.1, 0.15) is 0 Å². The second-order valence-corrected chi connectivity index (χ2v) is 42.1. The molecule has 0 unspecified atom stereocenters. The summed E-state index contributed by atoms with van der Waals surface area (Å²) >= 11 is 3.78. The zero-order chi connectivity index (χ0) is 97.8. The van der Waals surface area contributed by atoms with Gasteiger partial charge in [0.15, 0.2) is 0 Å². The summed E-state index contributed by atoms with van der Waals surface area (Å²) < 4.78 is 24.7. The van der Waals surface area contributed by atoms with Crippen LogP contribution < -0.4 is 0 Å². The molecule has 150 heavy (non-hydrogen) atoms. The van der Waals surface area contributed by atoms with Crippen molar-refractivity contribution in [2.75, 3.05) is 0 Å². The average molecular weight is 1940 g/mol. The van der Waals surface area contributed by atoms with Gasteiger partial charge in [-0.2, -0.15) is 0 Å². The minimum absolute atomic E-state index is 1.18. The molecule has 0 bridgehead atoms. The topological polar surface area (TPSA) is 37.4 Å². The summed E-state index contributed by atoms with van der Waals surface area (Å²) in [7, 11) is 0. The fourth-order valence-electron chi connectivity index (χ4n) is 26.2. The number of rotatable bonds is 4. The van der Waals surface area contributed by atoms with Crippen molar-refractivity contribution in [3.63, 3.8) is 0 Å². The third-order valence-corrected chi connectivity index (χ3v) is 34.5. The van der Waals surface area contributed by atoms with Gasteiger partial charge in [-0.25, -0.2) is 0 Å². The maximum Gasteiger partial charge on any atom is 0.0628 e. The second kappa shape index (κ2) is 32.1. The molecule has 0 N–H and O–H groups in total. The first kappa shape index (κ1) is 83.0. The molecule has 14 heterocycles. The van der Waals surface area contributed by atoms with E-state index in [1.54, 1.807) is 0 Å². The van der Waals surface area contributed by atoms with Gasteiger partial charge in [-0.3, -0.25) is 0 Å². The lowest BCUT2D eigenvalue weighted by Crippen LogP contribution is -1.96. The molecule has 0 amide bonds. The molecule has 0 spiro atoms. The van der Waals surface area contributed by atoms with Gasteiger partial charge in [0.25, 0.3) is 0 Å². The van der Waals surface area contributed by atoms with Crippen molar-refractivity contribution in [3.05, 3.63) is 510 Å². The number of hydrogen-bond acceptors (Lipinski definition) is 2. The normalized spacial score (nSPS) is 12.3. The molecule has 10 heteroatoms. The Morgan fingerprint density at radius 1 is 0.120 bits per heavy atom. The lowest BCUT2D eigenvalue weighted by molar-refractivity contribution is 1.18. The van der Waals surface area contributed by atoms with Crippen molar-refractivity contribution in [1.29, 1.82) is 0 Å². The van der Waals surface area contributed by atoms with Crippen LogP contribution in [0.4, 0.5) is 0 Å². The quantitative estimate of drug-likeness (QED) is 0.158. The first-order valence-electron chi connectivity index (χ1n) is 51.5. The highest BCUT2D eigenvalue weighted by atomic mass is 32.1. The molecule has 696 valence electrons. The van der Waals surface area contributed by atoms with E-state index in [9.17, 15) is 0 Å². The molecular weight excluding hydrogens is 1860 g/mol. The number of pyridine rings is 4. The highest BCUT2D eigenvalue weighted by Gasteiger charge is 2.29. The molecule has 0 saturated heterocycles. The number of hydrogen-bond donors (Lipinski definition) is 0. The summed E-state index contributed by atoms with van der Waals surface area (Å²) in [6.45, 7) is 0. The molecule has 0 radical (unpaired) electrons. The zero-order valence-electron chi connectivity index (χ0n) is 80.9. The average Bonchev–Trinajstić information content (AvgIpc) is 1.53. The van der Waals surface area contributed by atoms with E-state index in [0.717, 1.165) is 0 Å². The Labute approximate surface area is 864 Å². The maximum atomic E-state index is 2.48. The fraction of sp³-hybridized carbons (Fsp3) is 0. The van der Waals surface area contributed by atoms with Crippen molar-refractivity contribution in [2.45, 2.75) is 0 Å². The van der Waals surface area contributed by atoms with Crippen LogP contribution in [0.1, 0.15) is 0 Å². The third kappa shape index (κ3) is 11.8. The van der Waals surface area contributed by atoms with Crippen molar-refractivity contribution < 1.29 is 0 Å². The molecule has 0 saturated carbocycles. The van der Waals surface area contributed by atoms with Crippen molar-refractivity contribution in [3.8, 4) is 22.7 Å². The highest BCUT2D eigenvalue weighted by Crippen LogP contribution is 2.53. The summed E-state index contributed by atoms with van der Waals surface area (Å²) in [5, 5.41) is 41.6. The zero-order valence-corrected chi connectivity index (χ0v) is 82.5. The predicted molar refractivity (Wildman–Crippen MR) is 643 cm³/mol. The molecule has 36 rings (SSSR count). The largest absolute Gasteiger partial charge is 0.315 e. The summed E-state index contributed by atoms with van der Waals surface area (Å²) in [5.41, 5.74) is 24.8. The molecule has 0 aliphatic heterocycles. The first-order valence-corrected chi connectivity index (χ1v) is 53.1. The van der Waals surface area contributed by atoms with E-state index in [1.807, 2.05) is 22.7 Å². The van der Waals surface area contributed by atoms with E-state index in [4.69, 9.17) is 0 Å². The van der Waals surface area contributed by atoms with E-state index < -0.39 is 0 Å². The van der Waals surface area contributed by atoms with Gasteiger partial charge >= 0.3 is 0 Å². The van der Waals surface area contributed by atoms with Crippen LogP contribution in [-0.4, -0.2) is 35.9 Å². The monoisotopic (exact) mass is 1940 g/mol. The molecule has 0 fully saturated rings. The first-order chi connectivity index (χ1) is 74.5. The van der Waals surface area contributed by atoms with Gasteiger partial charge in [-0.15, -0.1) is 22.7 Å². The number of para-hydroxylation sites is 10. The molecule has 8 nitrogen and oxygen atoms in total. The number of fused-ring (bicyclic) bond motifs is 55. The van der Waals surface area contributed by atoms with Gasteiger partial charge < -0.3 is 35.9 Å². The minimum atomic E-state index is 1.18. The number of nitrogens with zero attached hydrogens (tertiary/aromatic N) is 8. The van der Waals surface area contributed by atoms with Gasteiger partial charge in [0.2, 0.25) is 0 Å². The van der Waals surface area contributed by atoms with E-state index in [1.165, 1.54) is 302 Å². The number of thiophene rings is 2. The minimum Gasteiger partial charge on any atom is -0.315 e. The lowest BCUT2D eigenvalue weighted by atomic mass is 9.97. The Kier molecular flexibility index (Phi) is 17.7. The molecule has 0 atom stereocenters. The Bertz CT molecular complexity index is 12200. The Hall–Kier alpha value is -19.4. The van der Waals surface area contributed by atoms with Crippen molar-refractivity contribution in [1.82, 2.24) is 35.9 Å². The summed E-state index contributed by atoms with van der Waals surface area (Å²) in [5.74, 6) is 0. The summed E-state index contributed by atoms with van der Waals surface area (Å²) in [6.07, 6.45) is 9.23. The summed E-state index contributed by atoms with van der Waals surface area (Å²) in [4.78, 5) is 0. The Balaban J connectivity index is 0.0000000869. The number of benzene rings is 22. The highest BCUT2D eigenvalue weighted by molar-refractivity contribution is 7.26. The van der Waals surface area contributed by atoms with Crippen LogP contribution in [-0.2, 0) is 0 Å². The molecular formula is C140H84N8S2. The third-order valence-electron chi connectivity index (χ3n) is 32.2. The SMILES string of the molecule is c1ccc(-n2c3ccccc3c3c4c(ccc32)c2c3ccccc3cn2c2c4ccc3sc4ccccc4c32)cc1.c1ccc(-n2c3ccccc3c3c4c5cc6sc7ccccc7c6cc5n5cc6ccccc6c5c4ccc32)cc1.c1ccc(-n2c3ccccc3c3c4c5ccccc5n5cc6ccccc6c5c4ccc32)cc1.c1ccc(-n2c3ccccc3c3ccc4c(c5ccccc5n5cc6ccccc6c45)c32)cc1. The molecule has 36 aromatic rings. The van der Waals surface area contributed by atoms with Crippen molar-refractivity contribution in [2.24, 2.45) is 0 Å². The van der Waals surface area contributed by atoms with E-state index in [-0.39, 0.29) is 0 Å². The fourth-order valence-corrected chi connectivity index (χ4v) is 28.5. The van der Waals surface area contributed by atoms with Gasteiger partial charge in [0.05, 0.1) is 88.3 Å². The molecule has 0 aliphatic carbocycles. The Morgan fingerprint density at radius 3 is 0.860 bits per heavy atom. The van der Waals surface area contributed by atoms with E-state index >= 15 is 0 Å². The van der Waals surface area contributed by atoms with Crippen LogP contribution in [0.2, 0.25) is 0 Å². The van der Waals surface area contributed by atoms with E-state index in [2.05, 4.69) is 546 Å². The van der Waals surface area contributed by atoms with Crippen LogP contribution in [0.3, 0.4) is 0 Å². The molecule has 14 aromatic heterocycles. The van der Waals surface area contributed by atoms with Crippen LogP contribution in [0.5, 0.6) is 0 Å². The molecule has 0 aliphatic rings. The second-order valence-electron chi connectivity index (χ2n) is 40.0. The predicted octanol–water partition coefficient (Wildman–Crippen LogP) is 38.7. The lowest BCUT2D eigenvalue weighted by Gasteiger charge is -2.14. The van der Waals surface area contributed by atoms with Crippen LogP contribution >= 0.6 is 22.7 Å². The Morgan fingerprint density at radius 2 is 0.407 bits per heavy atom. The van der Waals surface area contributed by atoms with E-state index in [0.29, 0.717) is 0 Å². The maximum absolute atomic E-state index is 2.48. The van der Waals surface area contributed by atoms with Crippen molar-refractivity contribution >= 4 is 302 Å². The smallest absolute Gasteiger partial charge is 0.0628 e. The number of aromatic nitrogens is 8. The van der Waals surface area contributed by atoms with Gasteiger partial charge in [-0.05, 0) is 133 Å². The van der Waals surface area contributed by atoms with Gasteiger partial charge in [-0.1, -0.05) is 352 Å². The van der Waals surface area contributed by atoms with Crippen LogP contribution in [0.15, 0.2) is 510 Å².